The van der Waals surface area contributed by atoms with Crippen molar-refractivity contribution in [1.82, 2.24) is 21.2 Å². The van der Waals surface area contributed by atoms with Crippen LogP contribution in [0, 0.1) is 0 Å². The molecule has 0 aliphatic carbocycles. The Balaban J connectivity index is 1.99. The fourth-order valence-electron chi connectivity index (χ4n) is 1.93. The third-order valence-electron chi connectivity index (χ3n) is 3.32. The molecule has 0 bridgehead atoms. The van der Waals surface area contributed by atoms with Crippen LogP contribution < -0.4 is 21.5 Å². The van der Waals surface area contributed by atoms with E-state index in [0.717, 1.165) is 17.3 Å². The van der Waals surface area contributed by atoms with E-state index in [1.54, 1.807) is 0 Å². The van der Waals surface area contributed by atoms with Gasteiger partial charge in [-0.15, -0.1) is 0 Å². The molecule has 0 aromatic carbocycles. The first-order valence-electron chi connectivity index (χ1n) is 6.94. The molecule has 2 rings (SSSR count). The molecule has 4 N–H and O–H groups in total. The topological polar surface area (TPSA) is 61.0 Å². The molecule has 0 amide bonds. The van der Waals surface area contributed by atoms with Crippen LogP contribution in [0.25, 0.3) is 0 Å². The predicted octanol–water partition coefficient (Wildman–Crippen LogP) is 2.06. The maximum Gasteiger partial charge on any atom is 0.126 e. The fraction of sp³-hybridized carbons (Fsp3) is 0.400. The number of hydrogen-bond donors (Lipinski definition) is 4. The van der Waals surface area contributed by atoms with E-state index in [-0.39, 0.29) is 6.04 Å². The zero-order valence-corrected chi connectivity index (χ0v) is 12.5. The van der Waals surface area contributed by atoms with E-state index in [4.69, 9.17) is 0 Å². The minimum atomic E-state index is 0.148. The van der Waals surface area contributed by atoms with Gasteiger partial charge in [0.05, 0.1) is 11.7 Å². The zero-order chi connectivity index (χ0) is 14.5. The van der Waals surface area contributed by atoms with Crippen LogP contribution in [0.1, 0.15) is 32.3 Å². The zero-order valence-electron chi connectivity index (χ0n) is 12.5. The summed E-state index contributed by atoms with van der Waals surface area (Å²) in [5.74, 6) is 2.33. The number of hydrogen-bond acceptors (Lipinski definition) is 5. The smallest absolute Gasteiger partial charge is 0.126 e. The first-order chi connectivity index (χ1) is 9.60. The van der Waals surface area contributed by atoms with Gasteiger partial charge >= 0.3 is 0 Å². The maximum atomic E-state index is 4.45. The van der Waals surface area contributed by atoms with E-state index in [9.17, 15) is 0 Å². The summed E-state index contributed by atoms with van der Waals surface area (Å²) in [4.78, 5) is 4.45. The third-order valence-corrected chi connectivity index (χ3v) is 3.32. The average Bonchev–Trinajstić information content (AvgIpc) is 2.48. The second-order valence-electron chi connectivity index (χ2n) is 5.20. The molecule has 2 heterocycles. The Kier molecular flexibility index (Phi) is 4.50. The lowest BCUT2D eigenvalue weighted by atomic mass is 10.1. The first kappa shape index (κ1) is 14.2. The summed E-state index contributed by atoms with van der Waals surface area (Å²) in [6.07, 6.45) is 5.97. The summed E-state index contributed by atoms with van der Waals surface area (Å²) in [6.45, 7) is 6.43. The SMILES string of the molecule is CNC1=CC=C(C(C)Nc2ccc(C(C)C)cn2)NN1. The molecule has 1 atom stereocenters. The van der Waals surface area contributed by atoms with Crippen molar-refractivity contribution in [2.24, 2.45) is 0 Å². The largest absolute Gasteiger partial charge is 0.374 e. The Morgan fingerprint density at radius 1 is 1.10 bits per heavy atom. The normalized spacial score (nSPS) is 15.7. The van der Waals surface area contributed by atoms with Crippen molar-refractivity contribution in [2.75, 3.05) is 12.4 Å². The Labute approximate surface area is 120 Å². The van der Waals surface area contributed by atoms with Crippen LogP contribution in [0.2, 0.25) is 0 Å². The van der Waals surface area contributed by atoms with Crippen LogP contribution in [0.3, 0.4) is 0 Å². The summed E-state index contributed by atoms with van der Waals surface area (Å²) in [5, 5.41) is 6.42. The van der Waals surface area contributed by atoms with E-state index in [1.807, 2.05) is 31.5 Å². The minimum Gasteiger partial charge on any atom is -0.374 e. The van der Waals surface area contributed by atoms with Gasteiger partial charge in [-0.25, -0.2) is 4.98 Å². The molecule has 0 radical (unpaired) electrons. The molecule has 1 unspecified atom stereocenters. The molecule has 0 saturated carbocycles. The maximum absolute atomic E-state index is 4.45. The van der Waals surface area contributed by atoms with Gasteiger partial charge in [0.2, 0.25) is 0 Å². The second kappa shape index (κ2) is 6.32. The molecule has 1 aliphatic heterocycles. The molecule has 1 aromatic rings. The number of hydrazine groups is 1. The van der Waals surface area contributed by atoms with Gasteiger partial charge in [0.15, 0.2) is 0 Å². The standard InChI is InChI=1S/C15H23N5/c1-10(2)12-5-7-15(17-9-12)18-11(3)13-6-8-14(16-4)20-19-13/h5-11,16,19-20H,1-4H3,(H,17,18). The molecule has 5 nitrogen and oxygen atoms in total. The van der Waals surface area contributed by atoms with Gasteiger partial charge in [-0.3, -0.25) is 5.43 Å². The lowest BCUT2D eigenvalue weighted by Gasteiger charge is -2.24. The van der Waals surface area contributed by atoms with Gasteiger partial charge in [-0.1, -0.05) is 19.9 Å². The van der Waals surface area contributed by atoms with Gasteiger partial charge in [0.25, 0.3) is 0 Å². The molecule has 20 heavy (non-hydrogen) atoms. The highest BCUT2D eigenvalue weighted by molar-refractivity contribution is 5.40. The van der Waals surface area contributed by atoms with Gasteiger partial charge < -0.3 is 16.1 Å². The van der Waals surface area contributed by atoms with Crippen LogP contribution in [0.4, 0.5) is 5.82 Å². The van der Waals surface area contributed by atoms with Crippen molar-refractivity contribution in [3.05, 3.63) is 47.6 Å². The number of nitrogens with zero attached hydrogens (tertiary/aromatic N) is 1. The van der Waals surface area contributed by atoms with E-state index in [2.05, 4.69) is 53.3 Å². The van der Waals surface area contributed by atoms with Crippen molar-refractivity contribution < 1.29 is 0 Å². The van der Waals surface area contributed by atoms with E-state index < -0.39 is 0 Å². The highest BCUT2D eigenvalue weighted by Crippen LogP contribution is 2.16. The van der Waals surface area contributed by atoms with Crippen molar-refractivity contribution in [2.45, 2.75) is 32.7 Å². The van der Waals surface area contributed by atoms with Gasteiger partial charge in [0, 0.05) is 13.2 Å². The predicted molar refractivity (Wildman–Crippen MR) is 82.9 cm³/mol. The number of aromatic nitrogens is 1. The van der Waals surface area contributed by atoms with E-state index in [1.165, 1.54) is 5.56 Å². The molecule has 0 fully saturated rings. The van der Waals surface area contributed by atoms with Crippen LogP contribution >= 0.6 is 0 Å². The quantitative estimate of drug-likeness (QED) is 0.661. The minimum absolute atomic E-state index is 0.148. The number of rotatable bonds is 5. The summed E-state index contributed by atoms with van der Waals surface area (Å²) in [7, 11) is 1.88. The lowest BCUT2D eigenvalue weighted by molar-refractivity contribution is 0.602. The first-order valence-corrected chi connectivity index (χ1v) is 6.94. The van der Waals surface area contributed by atoms with Crippen LogP contribution in [-0.2, 0) is 0 Å². The van der Waals surface area contributed by atoms with Crippen molar-refractivity contribution in [3.63, 3.8) is 0 Å². The Hall–Kier alpha value is -2.17. The lowest BCUT2D eigenvalue weighted by Crippen LogP contribution is -2.42. The van der Waals surface area contributed by atoms with Crippen LogP contribution in [0.5, 0.6) is 0 Å². The summed E-state index contributed by atoms with van der Waals surface area (Å²) in [6, 6.07) is 4.29. The average molecular weight is 273 g/mol. The number of allylic oxidation sites excluding steroid dienone is 2. The number of anilines is 1. The second-order valence-corrected chi connectivity index (χ2v) is 5.20. The van der Waals surface area contributed by atoms with Crippen LogP contribution in [-0.4, -0.2) is 18.1 Å². The summed E-state index contributed by atoms with van der Waals surface area (Å²) < 4.78 is 0. The Morgan fingerprint density at radius 3 is 2.40 bits per heavy atom. The molecule has 0 saturated heterocycles. The summed E-state index contributed by atoms with van der Waals surface area (Å²) >= 11 is 0. The van der Waals surface area contributed by atoms with Crippen molar-refractivity contribution in [3.8, 4) is 0 Å². The van der Waals surface area contributed by atoms with Crippen molar-refractivity contribution >= 4 is 5.82 Å². The Bertz CT molecular complexity index is 502. The molecule has 0 spiro atoms. The van der Waals surface area contributed by atoms with E-state index in [0.29, 0.717) is 5.92 Å². The fourth-order valence-corrected chi connectivity index (χ4v) is 1.93. The highest BCUT2D eigenvalue weighted by Gasteiger charge is 2.11. The summed E-state index contributed by atoms with van der Waals surface area (Å²) in [5.41, 5.74) is 8.56. The van der Waals surface area contributed by atoms with Crippen LogP contribution in [0.15, 0.2) is 42.0 Å². The molecular weight excluding hydrogens is 250 g/mol. The van der Waals surface area contributed by atoms with Crippen molar-refractivity contribution in [1.29, 1.82) is 0 Å². The molecule has 108 valence electrons. The van der Waals surface area contributed by atoms with Gasteiger partial charge in [-0.2, -0.15) is 0 Å². The highest BCUT2D eigenvalue weighted by atomic mass is 15.4. The third kappa shape index (κ3) is 3.44. The monoisotopic (exact) mass is 273 g/mol. The molecular formula is C15H23N5. The van der Waals surface area contributed by atoms with Gasteiger partial charge in [-0.05, 0) is 36.6 Å². The molecule has 5 heteroatoms. The van der Waals surface area contributed by atoms with E-state index >= 15 is 0 Å². The number of nitrogens with one attached hydrogen (secondary N) is 4. The number of pyridine rings is 1. The molecule has 1 aromatic heterocycles. The Morgan fingerprint density at radius 2 is 1.90 bits per heavy atom. The van der Waals surface area contributed by atoms with Gasteiger partial charge in [0.1, 0.15) is 11.6 Å². The molecule has 1 aliphatic rings.